The number of hydrogen-bond acceptors (Lipinski definition) is 6. The molecule has 2 aromatic rings. The van der Waals surface area contributed by atoms with Crippen LogP contribution < -0.4 is 19.5 Å². The quantitative estimate of drug-likeness (QED) is 0.716. The van der Waals surface area contributed by atoms with Gasteiger partial charge in [0.15, 0.2) is 11.5 Å². The molecule has 144 valence electrons. The number of ether oxygens (including phenoxy) is 4. The average molecular weight is 373 g/mol. The standard InChI is InChI=1S/C20H23NO6/c1-5-27-20(23)14-8-6-7-9-15(14)21-18(22)12-13-10-16(24-2)19(26-4)17(11-13)25-3/h6-11H,5,12H2,1-4H3,(H,21,22). The molecule has 0 unspecified atom stereocenters. The van der Waals surface area contributed by atoms with Crippen LogP contribution in [0.25, 0.3) is 0 Å². The second kappa shape index (κ2) is 9.47. The maximum absolute atomic E-state index is 12.5. The van der Waals surface area contributed by atoms with E-state index in [2.05, 4.69) is 5.32 Å². The Balaban J connectivity index is 2.21. The molecule has 0 aliphatic carbocycles. The summed E-state index contributed by atoms with van der Waals surface area (Å²) in [6, 6.07) is 10.1. The fourth-order valence-corrected chi connectivity index (χ4v) is 2.60. The average Bonchev–Trinajstić information content (AvgIpc) is 2.67. The Labute approximate surface area is 158 Å². The molecule has 0 bridgehead atoms. The Morgan fingerprint density at radius 1 is 0.963 bits per heavy atom. The van der Waals surface area contributed by atoms with Crippen molar-refractivity contribution < 1.29 is 28.5 Å². The summed E-state index contributed by atoms with van der Waals surface area (Å²) in [7, 11) is 4.53. The summed E-state index contributed by atoms with van der Waals surface area (Å²) in [4.78, 5) is 24.5. The zero-order valence-electron chi connectivity index (χ0n) is 15.8. The molecule has 0 spiro atoms. The molecule has 0 fully saturated rings. The Morgan fingerprint density at radius 3 is 2.15 bits per heavy atom. The molecule has 0 saturated carbocycles. The number of para-hydroxylation sites is 1. The molecule has 1 amide bonds. The van der Waals surface area contributed by atoms with E-state index in [1.165, 1.54) is 21.3 Å². The lowest BCUT2D eigenvalue weighted by Crippen LogP contribution is -2.17. The molecule has 27 heavy (non-hydrogen) atoms. The largest absolute Gasteiger partial charge is 0.493 e. The zero-order valence-corrected chi connectivity index (χ0v) is 15.8. The van der Waals surface area contributed by atoms with Crippen molar-refractivity contribution in [2.24, 2.45) is 0 Å². The highest BCUT2D eigenvalue weighted by molar-refractivity contribution is 6.01. The van der Waals surface area contributed by atoms with Crippen molar-refractivity contribution in [1.82, 2.24) is 0 Å². The normalized spacial score (nSPS) is 10.1. The van der Waals surface area contributed by atoms with Crippen molar-refractivity contribution in [3.8, 4) is 17.2 Å². The lowest BCUT2D eigenvalue weighted by atomic mass is 10.1. The van der Waals surface area contributed by atoms with Gasteiger partial charge in [0.2, 0.25) is 11.7 Å². The molecular formula is C20H23NO6. The van der Waals surface area contributed by atoms with Gasteiger partial charge in [-0.05, 0) is 36.8 Å². The van der Waals surface area contributed by atoms with Crippen LogP contribution >= 0.6 is 0 Å². The number of carbonyl (C=O) groups is 2. The molecule has 2 rings (SSSR count). The molecule has 0 aliphatic rings. The molecule has 0 aliphatic heterocycles. The van der Waals surface area contributed by atoms with Gasteiger partial charge in [-0.3, -0.25) is 4.79 Å². The summed E-state index contributed by atoms with van der Waals surface area (Å²) in [6.07, 6.45) is 0.0634. The lowest BCUT2D eigenvalue weighted by Gasteiger charge is -2.14. The zero-order chi connectivity index (χ0) is 19.8. The minimum absolute atomic E-state index is 0.0634. The highest BCUT2D eigenvalue weighted by atomic mass is 16.5. The Hall–Kier alpha value is -3.22. The minimum atomic E-state index is -0.485. The van der Waals surface area contributed by atoms with Crippen LogP contribution in [-0.4, -0.2) is 39.8 Å². The molecular weight excluding hydrogens is 350 g/mol. The Kier molecular flexibility index (Phi) is 7.05. The van der Waals surface area contributed by atoms with Crippen molar-refractivity contribution in [3.05, 3.63) is 47.5 Å². The first-order valence-corrected chi connectivity index (χ1v) is 8.38. The van der Waals surface area contributed by atoms with E-state index in [0.29, 0.717) is 34.1 Å². The predicted molar refractivity (Wildman–Crippen MR) is 101 cm³/mol. The first-order chi connectivity index (χ1) is 13.0. The van der Waals surface area contributed by atoms with E-state index >= 15 is 0 Å². The van der Waals surface area contributed by atoms with Crippen LogP contribution in [0.15, 0.2) is 36.4 Å². The summed E-state index contributed by atoms with van der Waals surface area (Å²) >= 11 is 0. The highest BCUT2D eigenvalue weighted by Crippen LogP contribution is 2.38. The van der Waals surface area contributed by atoms with Gasteiger partial charge in [0.1, 0.15) is 0 Å². The highest BCUT2D eigenvalue weighted by Gasteiger charge is 2.17. The Bertz CT molecular complexity index is 793. The number of carbonyl (C=O) groups excluding carboxylic acids is 2. The van der Waals surface area contributed by atoms with Gasteiger partial charge in [0.25, 0.3) is 0 Å². The van der Waals surface area contributed by atoms with E-state index in [4.69, 9.17) is 18.9 Å². The smallest absolute Gasteiger partial charge is 0.340 e. The number of methoxy groups -OCH3 is 3. The molecule has 0 radical (unpaired) electrons. The predicted octanol–water partition coefficient (Wildman–Crippen LogP) is 3.07. The fraction of sp³-hybridized carbons (Fsp3) is 0.300. The summed E-state index contributed by atoms with van der Waals surface area (Å²) in [6.45, 7) is 1.98. The number of anilines is 1. The van der Waals surface area contributed by atoms with E-state index in [-0.39, 0.29) is 18.9 Å². The number of hydrogen-bond donors (Lipinski definition) is 1. The van der Waals surface area contributed by atoms with Gasteiger partial charge in [0, 0.05) is 0 Å². The fourth-order valence-electron chi connectivity index (χ4n) is 2.60. The first kappa shape index (κ1) is 20.1. The first-order valence-electron chi connectivity index (χ1n) is 8.38. The minimum Gasteiger partial charge on any atom is -0.493 e. The third-order valence-electron chi connectivity index (χ3n) is 3.79. The third kappa shape index (κ3) is 4.91. The van der Waals surface area contributed by atoms with Crippen molar-refractivity contribution in [3.63, 3.8) is 0 Å². The van der Waals surface area contributed by atoms with Crippen LogP contribution in [0.4, 0.5) is 5.69 Å². The maximum atomic E-state index is 12.5. The second-order valence-electron chi connectivity index (χ2n) is 5.52. The van der Waals surface area contributed by atoms with E-state index < -0.39 is 5.97 Å². The van der Waals surface area contributed by atoms with Gasteiger partial charge in [-0.1, -0.05) is 12.1 Å². The molecule has 0 heterocycles. The van der Waals surface area contributed by atoms with E-state index in [1.54, 1.807) is 43.3 Å². The van der Waals surface area contributed by atoms with E-state index in [9.17, 15) is 9.59 Å². The van der Waals surface area contributed by atoms with Gasteiger partial charge in [-0.2, -0.15) is 0 Å². The van der Waals surface area contributed by atoms with Gasteiger partial charge in [-0.15, -0.1) is 0 Å². The number of amides is 1. The van der Waals surface area contributed by atoms with Crippen molar-refractivity contribution in [2.75, 3.05) is 33.3 Å². The molecule has 0 aromatic heterocycles. The van der Waals surface area contributed by atoms with Crippen LogP contribution in [0.5, 0.6) is 17.2 Å². The SMILES string of the molecule is CCOC(=O)c1ccccc1NC(=O)Cc1cc(OC)c(OC)c(OC)c1. The molecule has 0 atom stereocenters. The van der Waals surface area contributed by atoms with E-state index in [1.807, 2.05) is 0 Å². The molecule has 0 saturated heterocycles. The van der Waals surface area contributed by atoms with Gasteiger partial charge < -0.3 is 24.3 Å². The van der Waals surface area contributed by atoms with E-state index in [0.717, 1.165) is 0 Å². The maximum Gasteiger partial charge on any atom is 0.340 e. The van der Waals surface area contributed by atoms with Crippen LogP contribution in [0.1, 0.15) is 22.8 Å². The Morgan fingerprint density at radius 2 is 1.59 bits per heavy atom. The van der Waals surface area contributed by atoms with Crippen molar-refractivity contribution >= 4 is 17.6 Å². The molecule has 7 nitrogen and oxygen atoms in total. The van der Waals surface area contributed by atoms with Crippen molar-refractivity contribution in [1.29, 1.82) is 0 Å². The number of nitrogens with one attached hydrogen (secondary N) is 1. The summed E-state index contributed by atoms with van der Waals surface area (Å²) in [5, 5.41) is 2.75. The lowest BCUT2D eigenvalue weighted by molar-refractivity contribution is -0.115. The summed E-state index contributed by atoms with van der Waals surface area (Å²) < 4.78 is 20.9. The summed E-state index contributed by atoms with van der Waals surface area (Å²) in [5.41, 5.74) is 1.38. The molecule has 7 heteroatoms. The van der Waals surface area contributed by atoms with Crippen LogP contribution in [-0.2, 0) is 16.0 Å². The van der Waals surface area contributed by atoms with Gasteiger partial charge in [0.05, 0.1) is 45.6 Å². The van der Waals surface area contributed by atoms with Crippen LogP contribution in [0, 0.1) is 0 Å². The van der Waals surface area contributed by atoms with Gasteiger partial charge >= 0.3 is 5.97 Å². The topological polar surface area (TPSA) is 83.1 Å². The second-order valence-corrected chi connectivity index (χ2v) is 5.52. The number of benzene rings is 2. The summed E-state index contributed by atoms with van der Waals surface area (Å²) in [5.74, 6) is 0.608. The third-order valence-corrected chi connectivity index (χ3v) is 3.79. The molecule has 1 N–H and O–H groups in total. The van der Waals surface area contributed by atoms with Crippen LogP contribution in [0.3, 0.4) is 0 Å². The number of esters is 1. The van der Waals surface area contributed by atoms with Crippen LogP contribution in [0.2, 0.25) is 0 Å². The monoisotopic (exact) mass is 373 g/mol. The van der Waals surface area contributed by atoms with Gasteiger partial charge in [-0.25, -0.2) is 4.79 Å². The number of rotatable bonds is 8. The van der Waals surface area contributed by atoms with Crippen molar-refractivity contribution in [2.45, 2.75) is 13.3 Å². The molecule has 2 aromatic carbocycles.